The fraction of sp³-hybridized carbons (Fsp3) is 0.150. The van der Waals surface area contributed by atoms with Gasteiger partial charge in [0.2, 0.25) is 0 Å². The second kappa shape index (κ2) is 6.97. The van der Waals surface area contributed by atoms with Crippen molar-refractivity contribution in [3.05, 3.63) is 71.9 Å². The highest BCUT2D eigenvalue weighted by molar-refractivity contribution is 6.05. The molecule has 23 heavy (non-hydrogen) atoms. The number of H-pyrrole nitrogens is 1. The molecule has 1 amide bonds. The number of carbonyl (C=O) groups is 1. The molecule has 0 aliphatic heterocycles. The highest BCUT2D eigenvalue weighted by Crippen LogP contribution is 2.18. The van der Waals surface area contributed by atoms with E-state index in [0.717, 1.165) is 35.0 Å². The van der Waals surface area contributed by atoms with Gasteiger partial charge in [0.15, 0.2) is 0 Å². The molecule has 1 aromatic heterocycles. The zero-order chi connectivity index (χ0) is 16.1. The quantitative estimate of drug-likeness (QED) is 0.665. The predicted octanol–water partition coefficient (Wildman–Crippen LogP) is 5.23. The van der Waals surface area contributed by atoms with Gasteiger partial charge in [-0.1, -0.05) is 37.6 Å². The van der Waals surface area contributed by atoms with Crippen LogP contribution in [0, 0.1) is 0 Å². The number of carbonyl (C=O) groups excluding carboxylic acids is 1. The minimum Gasteiger partial charge on any atom is -0.361 e. The maximum atomic E-state index is 12.3. The highest BCUT2D eigenvalue weighted by Gasteiger charge is 2.06. The Balaban J connectivity index is 1.69. The van der Waals surface area contributed by atoms with Crippen LogP contribution in [-0.4, -0.2) is 10.9 Å². The molecule has 3 rings (SSSR count). The third kappa shape index (κ3) is 3.69. The topological polar surface area (TPSA) is 44.9 Å². The van der Waals surface area contributed by atoms with Crippen molar-refractivity contribution in [2.75, 3.05) is 5.32 Å². The lowest BCUT2D eigenvalue weighted by Crippen LogP contribution is -2.11. The Hall–Kier alpha value is -2.81. The van der Waals surface area contributed by atoms with Crippen molar-refractivity contribution in [1.82, 2.24) is 4.98 Å². The second-order valence-corrected chi connectivity index (χ2v) is 5.55. The summed E-state index contributed by atoms with van der Waals surface area (Å²) in [7, 11) is 0. The number of anilines is 1. The van der Waals surface area contributed by atoms with Gasteiger partial charge in [-0.2, -0.15) is 0 Å². The molecule has 0 aliphatic rings. The molecule has 0 unspecified atom stereocenters. The number of aromatic amines is 1. The monoisotopic (exact) mass is 304 g/mol. The molecule has 2 N–H and O–H groups in total. The Morgan fingerprint density at radius 1 is 1.13 bits per heavy atom. The lowest BCUT2D eigenvalue weighted by atomic mass is 10.1. The molecule has 0 saturated heterocycles. The van der Waals surface area contributed by atoms with Crippen molar-refractivity contribution in [3.63, 3.8) is 0 Å². The first-order valence-electron chi connectivity index (χ1n) is 7.91. The molecule has 0 atom stereocenters. The van der Waals surface area contributed by atoms with Crippen LogP contribution in [0.15, 0.2) is 60.8 Å². The van der Waals surface area contributed by atoms with E-state index in [0.29, 0.717) is 5.56 Å². The molecule has 0 bridgehead atoms. The van der Waals surface area contributed by atoms with E-state index in [1.165, 1.54) is 0 Å². The van der Waals surface area contributed by atoms with Gasteiger partial charge in [0, 0.05) is 28.4 Å². The number of aromatic nitrogens is 1. The van der Waals surface area contributed by atoms with Gasteiger partial charge < -0.3 is 10.3 Å². The summed E-state index contributed by atoms with van der Waals surface area (Å²) >= 11 is 0. The summed E-state index contributed by atoms with van der Waals surface area (Å²) in [6.07, 6.45) is 8.35. The van der Waals surface area contributed by atoms with Crippen LogP contribution in [-0.2, 0) is 0 Å². The zero-order valence-electron chi connectivity index (χ0n) is 13.2. The van der Waals surface area contributed by atoms with E-state index in [4.69, 9.17) is 0 Å². The van der Waals surface area contributed by atoms with Crippen LogP contribution in [0.4, 0.5) is 5.69 Å². The summed E-state index contributed by atoms with van der Waals surface area (Å²) < 4.78 is 0. The van der Waals surface area contributed by atoms with Gasteiger partial charge in [0.1, 0.15) is 0 Å². The normalized spacial score (nSPS) is 11.2. The number of hydrogen-bond acceptors (Lipinski definition) is 1. The van der Waals surface area contributed by atoms with Crippen molar-refractivity contribution in [1.29, 1.82) is 0 Å². The van der Waals surface area contributed by atoms with Crippen LogP contribution in [0.1, 0.15) is 35.7 Å². The first kappa shape index (κ1) is 15.1. The van der Waals surface area contributed by atoms with E-state index in [1.54, 1.807) is 0 Å². The van der Waals surface area contributed by atoms with Gasteiger partial charge in [-0.3, -0.25) is 4.79 Å². The number of unbranched alkanes of at least 4 members (excludes halogenated alkanes) is 1. The lowest BCUT2D eigenvalue weighted by molar-refractivity contribution is 0.102. The molecule has 0 spiro atoms. The van der Waals surface area contributed by atoms with E-state index < -0.39 is 0 Å². The van der Waals surface area contributed by atoms with E-state index >= 15 is 0 Å². The van der Waals surface area contributed by atoms with Gasteiger partial charge in [0.05, 0.1) is 0 Å². The van der Waals surface area contributed by atoms with E-state index in [1.807, 2.05) is 54.7 Å². The van der Waals surface area contributed by atoms with E-state index in [2.05, 4.69) is 29.4 Å². The van der Waals surface area contributed by atoms with Gasteiger partial charge in [0.25, 0.3) is 5.91 Å². The Morgan fingerprint density at radius 2 is 1.96 bits per heavy atom. The average Bonchev–Trinajstić information content (AvgIpc) is 3.03. The molecular formula is C20H20N2O. The number of allylic oxidation sites excluding steroid dienone is 1. The highest BCUT2D eigenvalue weighted by atomic mass is 16.1. The number of rotatable bonds is 5. The number of amides is 1. The maximum Gasteiger partial charge on any atom is 0.255 e. The first-order chi connectivity index (χ1) is 11.3. The number of fused-ring (bicyclic) bond motifs is 1. The summed E-state index contributed by atoms with van der Waals surface area (Å²) in [5, 5.41) is 4.02. The van der Waals surface area contributed by atoms with Crippen LogP contribution >= 0.6 is 0 Å². The van der Waals surface area contributed by atoms with E-state index in [-0.39, 0.29) is 5.91 Å². The van der Waals surface area contributed by atoms with Gasteiger partial charge in [-0.25, -0.2) is 0 Å². The summed E-state index contributed by atoms with van der Waals surface area (Å²) in [4.78, 5) is 15.5. The molecule has 3 nitrogen and oxygen atoms in total. The van der Waals surface area contributed by atoms with Gasteiger partial charge >= 0.3 is 0 Å². The Kier molecular flexibility index (Phi) is 4.57. The second-order valence-electron chi connectivity index (χ2n) is 5.55. The molecule has 0 radical (unpaired) electrons. The minimum atomic E-state index is -0.0935. The molecular weight excluding hydrogens is 284 g/mol. The van der Waals surface area contributed by atoms with Crippen LogP contribution in [0.25, 0.3) is 17.0 Å². The predicted molar refractivity (Wildman–Crippen MR) is 96.6 cm³/mol. The van der Waals surface area contributed by atoms with Crippen molar-refractivity contribution >= 4 is 28.6 Å². The van der Waals surface area contributed by atoms with Crippen molar-refractivity contribution in [3.8, 4) is 0 Å². The molecule has 1 heterocycles. The average molecular weight is 304 g/mol. The van der Waals surface area contributed by atoms with E-state index in [9.17, 15) is 4.79 Å². The minimum absolute atomic E-state index is 0.0935. The fourth-order valence-electron chi connectivity index (χ4n) is 2.47. The molecule has 0 aliphatic carbocycles. The van der Waals surface area contributed by atoms with Crippen molar-refractivity contribution in [2.45, 2.75) is 19.8 Å². The number of hydrogen-bond donors (Lipinski definition) is 2. The summed E-state index contributed by atoms with van der Waals surface area (Å²) in [6, 6.07) is 15.5. The van der Waals surface area contributed by atoms with Gasteiger partial charge in [-0.05, 0) is 48.4 Å². The van der Waals surface area contributed by atoms with Crippen LogP contribution in [0.2, 0.25) is 0 Å². The molecule has 0 saturated carbocycles. The van der Waals surface area contributed by atoms with Gasteiger partial charge in [-0.15, -0.1) is 0 Å². The Labute approximate surface area is 136 Å². The van der Waals surface area contributed by atoms with Crippen molar-refractivity contribution < 1.29 is 4.79 Å². The number of nitrogens with one attached hydrogen (secondary N) is 2. The third-order valence-corrected chi connectivity index (χ3v) is 3.75. The zero-order valence-corrected chi connectivity index (χ0v) is 13.2. The summed E-state index contributed by atoms with van der Waals surface area (Å²) in [5.41, 5.74) is 3.63. The Bertz CT molecular complexity index is 828. The standard InChI is InChI=1S/C20H20N2O/c1-2-3-4-5-15-6-8-16(9-7-15)20(23)22-18-10-11-19-17(14-18)12-13-21-19/h4-14,21H,2-3H2,1H3,(H,22,23). The lowest BCUT2D eigenvalue weighted by Gasteiger charge is -2.06. The fourth-order valence-corrected chi connectivity index (χ4v) is 2.47. The SMILES string of the molecule is CCCC=Cc1ccc(C(=O)Nc2ccc3[nH]ccc3c2)cc1. The molecule has 116 valence electrons. The summed E-state index contributed by atoms with van der Waals surface area (Å²) in [5.74, 6) is -0.0935. The summed E-state index contributed by atoms with van der Waals surface area (Å²) in [6.45, 7) is 2.16. The van der Waals surface area contributed by atoms with Crippen LogP contribution < -0.4 is 5.32 Å². The van der Waals surface area contributed by atoms with Crippen molar-refractivity contribution in [2.24, 2.45) is 0 Å². The molecule has 3 heteroatoms. The first-order valence-corrected chi connectivity index (χ1v) is 7.91. The smallest absolute Gasteiger partial charge is 0.255 e. The van der Waals surface area contributed by atoms with Crippen LogP contribution in [0.5, 0.6) is 0 Å². The largest absolute Gasteiger partial charge is 0.361 e. The third-order valence-electron chi connectivity index (χ3n) is 3.75. The Morgan fingerprint density at radius 3 is 2.74 bits per heavy atom. The molecule has 0 fully saturated rings. The van der Waals surface area contributed by atoms with Crippen LogP contribution in [0.3, 0.4) is 0 Å². The molecule has 2 aromatic carbocycles. The molecule has 3 aromatic rings. The maximum absolute atomic E-state index is 12.3. The number of benzene rings is 2.